The van der Waals surface area contributed by atoms with E-state index < -0.39 is 0 Å². The van der Waals surface area contributed by atoms with Gasteiger partial charge in [-0.05, 0) is 58.3 Å². The minimum Gasteiger partial charge on any atom is -0.352 e. The summed E-state index contributed by atoms with van der Waals surface area (Å²) >= 11 is 0. The van der Waals surface area contributed by atoms with Gasteiger partial charge in [-0.3, -0.25) is 4.79 Å². The van der Waals surface area contributed by atoms with E-state index >= 15 is 0 Å². The topological polar surface area (TPSA) is 62.5 Å². The molecule has 1 N–H and O–H groups in total. The summed E-state index contributed by atoms with van der Waals surface area (Å²) in [5.41, 5.74) is 5.18. The van der Waals surface area contributed by atoms with Crippen LogP contribution < -0.4 is 5.32 Å². The molecule has 1 fully saturated rings. The van der Waals surface area contributed by atoms with Crippen LogP contribution in [0, 0.1) is 13.8 Å². The van der Waals surface area contributed by atoms with Crippen LogP contribution in [0.2, 0.25) is 0 Å². The molecule has 1 aliphatic rings. The Morgan fingerprint density at radius 1 is 1.14 bits per heavy atom. The molecule has 146 valence electrons. The molecule has 28 heavy (non-hydrogen) atoms. The van der Waals surface area contributed by atoms with E-state index in [2.05, 4.69) is 32.4 Å². The van der Waals surface area contributed by atoms with Crippen molar-refractivity contribution in [2.45, 2.75) is 33.1 Å². The maximum atomic E-state index is 12.7. The third kappa shape index (κ3) is 3.64. The number of carbonyl (C=O) groups excluding carboxylic acids is 1. The summed E-state index contributed by atoms with van der Waals surface area (Å²) < 4.78 is 1.79. The van der Waals surface area contributed by atoms with Gasteiger partial charge in [0.1, 0.15) is 0 Å². The zero-order valence-electron chi connectivity index (χ0n) is 16.6. The molecule has 0 unspecified atom stereocenters. The highest BCUT2D eigenvalue weighted by molar-refractivity contribution is 5.95. The molecule has 0 atom stereocenters. The second-order valence-electron chi connectivity index (χ2n) is 7.48. The summed E-state index contributed by atoms with van der Waals surface area (Å²) in [6, 6.07) is 10.1. The molecule has 0 radical (unpaired) electrons. The number of hydrogen-bond acceptors (Lipinski definition) is 4. The molecule has 1 saturated heterocycles. The number of carbonyl (C=O) groups is 1. The molecule has 6 heteroatoms. The van der Waals surface area contributed by atoms with Crippen LogP contribution >= 0.6 is 0 Å². The van der Waals surface area contributed by atoms with Gasteiger partial charge in [0.25, 0.3) is 5.91 Å². The summed E-state index contributed by atoms with van der Waals surface area (Å²) in [5, 5.41) is 7.68. The number of aryl methyl sites for hydroxylation is 2. The smallest absolute Gasteiger partial charge is 0.254 e. The number of rotatable bonds is 6. The highest BCUT2D eigenvalue weighted by Crippen LogP contribution is 2.27. The minimum atomic E-state index is -0.0808. The fourth-order valence-corrected chi connectivity index (χ4v) is 3.97. The van der Waals surface area contributed by atoms with Crippen molar-refractivity contribution in [1.29, 1.82) is 0 Å². The number of amides is 1. The number of nitrogens with one attached hydrogen (secondary N) is 1. The SMILES string of the molecule is Cc1nn2c(C)c(C(=O)NCCCN3CCCC3)cnc2c1-c1ccccc1. The van der Waals surface area contributed by atoms with Crippen molar-refractivity contribution < 1.29 is 4.79 Å². The fourth-order valence-electron chi connectivity index (χ4n) is 3.97. The van der Waals surface area contributed by atoms with Gasteiger partial charge in [-0.2, -0.15) is 5.10 Å². The van der Waals surface area contributed by atoms with Gasteiger partial charge in [-0.25, -0.2) is 9.50 Å². The predicted octanol–water partition coefficient (Wildman–Crippen LogP) is 3.23. The summed E-state index contributed by atoms with van der Waals surface area (Å²) in [5.74, 6) is -0.0808. The first-order chi connectivity index (χ1) is 13.6. The first-order valence-electron chi connectivity index (χ1n) is 10.1. The average Bonchev–Trinajstić information content (AvgIpc) is 3.33. The van der Waals surface area contributed by atoms with E-state index in [9.17, 15) is 4.79 Å². The first kappa shape index (κ1) is 18.6. The van der Waals surface area contributed by atoms with E-state index in [0.29, 0.717) is 12.1 Å². The largest absolute Gasteiger partial charge is 0.352 e. The molecule has 4 rings (SSSR count). The number of benzene rings is 1. The molecule has 0 bridgehead atoms. The molecule has 3 heterocycles. The lowest BCUT2D eigenvalue weighted by Crippen LogP contribution is -2.29. The van der Waals surface area contributed by atoms with Crippen molar-refractivity contribution in [2.75, 3.05) is 26.2 Å². The van der Waals surface area contributed by atoms with Crippen LogP contribution in [-0.2, 0) is 0 Å². The molecule has 0 aliphatic carbocycles. The van der Waals surface area contributed by atoms with E-state index in [1.165, 1.54) is 25.9 Å². The lowest BCUT2D eigenvalue weighted by atomic mass is 10.1. The Morgan fingerprint density at radius 2 is 1.89 bits per heavy atom. The molecular formula is C22H27N5O. The molecule has 2 aromatic heterocycles. The molecular weight excluding hydrogens is 350 g/mol. The second kappa shape index (κ2) is 8.10. The van der Waals surface area contributed by atoms with Crippen LogP contribution in [0.25, 0.3) is 16.8 Å². The van der Waals surface area contributed by atoms with Crippen LogP contribution in [-0.4, -0.2) is 51.6 Å². The molecule has 1 amide bonds. The normalized spacial score (nSPS) is 14.6. The van der Waals surface area contributed by atoms with Gasteiger partial charge in [-0.15, -0.1) is 0 Å². The number of aromatic nitrogens is 3. The third-order valence-electron chi connectivity index (χ3n) is 5.50. The maximum absolute atomic E-state index is 12.7. The second-order valence-corrected chi connectivity index (χ2v) is 7.48. The number of nitrogens with zero attached hydrogens (tertiary/aromatic N) is 4. The van der Waals surface area contributed by atoms with E-state index in [0.717, 1.165) is 41.1 Å². The molecule has 3 aromatic rings. The summed E-state index contributed by atoms with van der Waals surface area (Å²) in [4.78, 5) is 19.7. The van der Waals surface area contributed by atoms with Crippen LogP contribution in [0.5, 0.6) is 0 Å². The zero-order chi connectivity index (χ0) is 19.5. The molecule has 6 nitrogen and oxygen atoms in total. The average molecular weight is 377 g/mol. The van der Waals surface area contributed by atoms with Crippen molar-refractivity contribution in [3.63, 3.8) is 0 Å². The number of hydrogen-bond donors (Lipinski definition) is 1. The summed E-state index contributed by atoms with van der Waals surface area (Å²) in [6.45, 7) is 8.02. The number of fused-ring (bicyclic) bond motifs is 1. The molecule has 0 saturated carbocycles. The van der Waals surface area contributed by atoms with Crippen LogP contribution in [0.1, 0.15) is 41.0 Å². The van der Waals surface area contributed by atoms with Crippen LogP contribution in [0.4, 0.5) is 0 Å². The van der Waals surface area contributed by atoms with Gasteiger partial charge in [-0.1, -0.05) is 30.3 Å². The van der Waals surface area contributed by atoms with Gasteiger partial charge in [0.2, 0.25) is 0 Å². The van der Waals surface area contributed by atoms with Crippen LogP contribution in [0.15, 0.2) is 36.5 Å². The quantitative estimate of drug-likeness (QED) is 0.670. The number of likely N-dealkylation sites (tertiary alicyclic amines) is 1. The first-order valence-corrected chi connectivity index (χ1v) is 10.1. The fraction of sp³-hybridized carbons (Fsp3) is 0.409. The monoisotopic (exact) mass is 377 g/mol. The standard InChI is InChI=1S/C22H27N5O/c1-16-20(18-9-4-3-5-10-18)21-24-15-19(17(2)27(21)25-16)22(28)23-11-8-14-26-12-6-7-13-26/h3-5,9-10,15H,6-8,11-14H2,1-2H3,(H,23,28). The zero-order valence-corrected chi connectivity index (χ0v) is 16.6. The minimum absolute atomic E-state index is 0.0808. The van der Waals surface area contributed by atoms with Crippen LogP contribution in [0.3, 0.4) is 0 Å². The Labute approximate surface area is 165 Å². The lowest BCUT2D eigenvalue weighted by molar-refractivity contribution is 0.0950. The summed E-state index contributed by atoms with van der Waals surface area (Å²) in [7, 11) is 0. The van der Waals surface area contributed by atoms with E-state index in [4.69, 9.17) is 0 Å². The van der Waals surface area contributed by atoms with Gasteiger partial charge >= 0.3 is 0 Å². The lowest BCUT2D eigenvalue weighted by Gasteiger charge is -2.14. The molecule has 0 spiro atoms. The van der Waals surface area contributed by atoms with E-state index in [-0.39, 0.29) is 5.91 Å². The Hall–Kier alpha value is -2.73. The third-order valence-corrected chi connectivity index (χ3v) is 5.50. The highest BCUT2D eigenvalue weighted by Gasteiger charge is 2.18. The van der Waals surface area contributed by atoms with Crippen molar-refractivity contribution in [1.82, 2.24) is 24.8 Å². The molecule has 1 aromatic carbocycles. The van der Waals surface area contributed by atoms with Crippen molar-refractivity contribution in [3.05, 3.63) is 53.5 Å². The van der Waals surface area contributed by atoms with Gasteiger partial charge in [0, 0.05) is 18.3 Å². The Balaban J connectivity index is 1.50. The Bertz CT molecular complexity index is 974. The Morgan fingerprint density at radius 3 is 2.64 bits per heavy atom. The predicted molar refractivity (Wildman–Crippen MR) is 111 cm³/mol. The van der Waals surface area contributed by atoms with Gasteiger partial charge in [0.05, 0.1) is 17.0 Å². The van der Waals surface area contributed by atoms with Gasteiger partial charge in [0.15, 0.2) is 5.65 Å². The van der Waals surface area contributed by atoms with Gasteiger partial charge < -0.3 is 10.2 Å². The van der Waals surface area contributed by atoms with Crippen molar-refractivity contribution in [3.8, 4) is 11.1 Å². The van der Waals surface area contributed by atoms with E-state index in [1.54, 1.807) is 10.7 Å². The maximum Gasteiger partial charge on any atom is 0.254 e. The highest BCUT2D eigenvalue weighted by atomic mass is 16.1. The molecule has 1 aliphatic heterocycles. The summed E-state index contributed by atoms with van der Waals surface area (Å²) in [6.07, 6.45) is 5.24. The Kier molecular flexibility index (Phi) is 5.39. The van der Waals surface area contributed by atoms with Crippen molar-refractivity contribution >= 4 is 11.6 Å². The van der Waals surface area contributed by atoms with E-state index in [1.807, 2.05) is 32.0 Å². The van der Waals surface area contributed by atoms with Crippen molar-refractivity contribution in [2.24, 2.45) is 0 Å².